The van der Waals surface area contributed by atoms with Crippen molar-refractivity contribution in [3.63, 3.8) is 0 Å². The third kappa shape index (κ3) is 5.12. The minimum atomic E-state index is -3.75. The van der Waals surface area contributed by atoms with Gasteiger partial charge in [-0.25, -0.2) is 13.1 Å². The lowest BCUT2D eigenvalue weighted by atomic mass is 10.1. The van der Waals surface area contributed by atoms with Crippen molar-refractivity contribution in [1.82, 2.24) is 9.29 Å². The summed E-state index contributed by atoms with van der Waals surface area (Å²) in [6.45, 7) is 0.522. The molecule has 3 aromatic carbocycles. The molecule has 1 aromatic heterocycles. The van der Waals surface area contributed by atoms with Gasteiger partial charge in [0.05, 0.1) is 35.9 Å². The Morgan fingerprint density at radius 2 is 1.76 bits per heavy atom. The van der Waals surface area contributed by atoms with E-state index in [1.165, 1.54) is 12.1 Å². The molecule has 7 nitrogen and oxygen atoms in total. The van der Waals surface area contributed by atoms with Gasteiger partial charge in [0, 0.05) is 11.6 Å². The average molecular weight is 519 g/mol. The zero-order valence-electron chi connectivity index (χ0n) is 18.6. The van der Waals surface area contributed by atoms with E-state index < -0.39 is 10.0 Å². The Bertz CT molecular complexity index is 1500. The first-order valence-electron chi connectivity index (χ1n) is 10.4. The second-order valence-corrected chi connectivity index (χ2v) is 10.7. The van der Waals surface area contributed by atoms with Crippen LogP contribution in [0.5, 0.6) is 11.5 Å². The van der Waals surface area contributed by atoms with Gasteiger partial charge in [-0.1, -0.05) is 47.2 Å². The van der Waals surface area contributed by atoms with Crippen LogP contribution in [0.2, 0.25) is 5.02 Å². The van der Waals surface area contributed by atoms with Crippen LogP contribution in [0.4, 0.5) is 0 Å². The number of methoxy groups -OCH3 is 2. The standard InChI is InChI=1S/C24H23ClN2O5S2/c1-31-21-10-7-16(13-22(21)32-2)11-12-26-34(29,30)18-8-9-20-23(14-18)33-24(28)27(20)15-17-5-3-4-6-19(17)25/h3-10,13-14,26H,11-12,15H2,1-2H3. The normalized spacial score (nSPS) is 11.6. The number of halogens is 1. The van der Waals surface area contributed by atoms with Gasteiger partial charge in [-0.05, 0) is 53.9 Å². The molecular formula is C24H23ClN2O5S2. The van der Waals surface area contributed by atoms with E-state index in [-0.39, 0.29) is 16.3 Å². The number of ether oxygens (including phenoxy) is 2. The van der Waals surface area contributed by atoms with Crippen molar-refractivity contribution in [3.05, 3.63) is 86.5 Å². The molecule has 0 atom stereocenters. The lowest BCUT2D eigenvalue weighted by Gasteiger charge is -2.11. The van der Waals surface area contributed by atoms with Gasteiger partial charge in [-0.15, -0.1) is 0 Å². The van der Waals surface area contributed by atoms with Crippen molar-refractivity contribution in [1.29, 1.82) is 0 Å². The molecule has 0 radical (unpaired) electrons. The summed E-state index contributed by atoms with van der Waals surface area (Å²) in [5, 5.41) is 0.576. The third-order valence-corrected chi connectivity index (χ3v) is 8.16. The number of benzene rings is 3. The Hall–Kier alpha value is -2.85. The summed E-state index contributed by atoms with van der Waals surface area (Å²) in [6, 6.07) is 17.5. The molecule has 0 spiro atoms. The van der Waals surface area contributed by atoms with Gasteiger partial charge in [0.25, 0.3) is 0 Å². The summed E-state index contributed by atoms with van der Waals surface area (Å²) in [5.41, 5.74) is 2.39. The first kappa shape index (κ1) is 24.3. The Morgan fingerprint density at radius 3 is 2.50 bits per heavy atom. The van der Waals surface area contributed by atoms with Gasteiger partial charge < -0.3 is 9.47 Å². The fourth-order valence-electron chi connectivity index (χ4n) is 3.61. The predicted molar refractivity (Wildman–Crippen MR) is 135 cm³/mol. The summed E-state index contributed by atoms with van der Waals surface area (Å²) >= 11 is 7.25. The largest absolute Gasteiger partial charge is 0.493 e. The van der Waals surface area contributed by atoms with E-state index in [1.807, 2.05) is 30.3 Å². The number of fused-ring (bicyclic) bond motifs is 1. The monoisotopic (exact) mass is 518 g/mol. The second-order valence-electron chi connectivity index (χ2n) is 7.51. The predicted octanol–water partition coefficient (Wildman–Crippen LogP) is 4.30. The van der Waals surface area contributed by atoms with Crippen LogP contribution in [0.1, 0.15) is 11.1 Å². The maximum atomic E-state index is 12.9. The molecule has 0 aliphatic rings. The highest BCUT2D eigenvalue weighted by atomic mass is 35.5. The van der Waals surface area contributed by atoms with Gasteiger partial charge in [0.2, 0.25) is 10.0 Å². The van der Waals surface area contributed by atoms with Crippen LogP contribution in [0, 0.1) is 0 Å². The van der Waals surface area contributed by atoms with Gasteiger partial charge in [0.1, 0.15) is 0 Å². The van der Waals surface area contributed by atoms with Gasteiger partial charge >= 0.3 is 4.87 Å². The van der Waals surface area contributed by atoms with E-state index in [9.17, 15) is 13.2 Å². The smallest absolute Gasteiger partial charge is 0.308 e. The molecular weight excluding hydrogens is 496 g/mol. The molecule has 178 valence electrons. The number of hydrogen-bond donors (Lipinski definition) is 1. The third-order valence-electron chi connectivity index (χ3n) is 5.39. The number of nitrogens with one attached hydrogen (secondary N) is 1. The highest BCUT2D eigenvalue weighted by Gasteiger charge is 2.17. The van der Waals surface area contributed by atoms with E-state index in [4.69, 9.17) is 21.1 Å². The fraction of sp³-hybridized carbons (Fsp3) is 0.208. The average Bonchev–Trinajstić information content (AvgIpc) is 3.14. The number of aromatic nitrogens is 1. The minimum absolute atomic E-state index is 0.110. The van der Waals surface area contributed by atoms with Gasteiger partial charge in [-0.3, -0.25) is 9.36 Å². The van der Waals surface area contributed by atoms with E-state index >= 15 is 0 Å². The SMILES string of the molecule is COc1ccc(CCNS(=O)(=O)c2ccc3c(c2)sc(=O)n3Cc2ccccc2Cl)cc1OC. The first-order chi connectivity index (χ1) is 16.3. The van der Waals surface area contributed by atoms with Crippen LogP contribution in [0.15, 0.2) is 70.4 Å². The number of rotatable bonds is 9. The van der Waals surface area contributed by atoms with Crippen molar-refractivity contribution < 1.29 is 17.9 Å². The minimum Gasteiger partial charge on any atom is -0.493 e. The number of hydrogen-bond acceptors (Lipinski definition) is 6. The summed E-state index contributed by atoms with van der Waals surface area (Å²) in [7, 11) is -0.639. The lowest BCUT2D eigenvalue weighted by Crippen LogP contribution is -2.26. The van der Waals surface area contributed by atoms with Crippen LogP contribution in [-0.4, -0.2) is 33.7 Å². The van der Waals surface area contributed by atoms with Crippen molar-refractivity contribution >= 4 is 43.2 Å². The molecule has 1 N–H and O–H groups in total. The second kappa shape index (κ2) is 10.2. The molecule has 4 rings (SSSR count). The zero-order valence-corrected chi connectivity index (χ0v) is 21.0. The van der Waals surface area contributed by atoms with Crippen molar-refractivity contribution in [2.45, 2.75) is 17.9 Å². The topological polar surface area (TPSA) is 86.6 Å². The zero-order chi connectivity index (χ0) is 24.3. The molecule has 0 unspecified atom stereocenters. The summed E-state index contributed by atoms with van der Waals surface area (Å²) in [6.07, 6.45) is 0.476. The van der Waals surface area contributed by atoms with E-state index in [2.05, 4.69) is 4.72 Å². The van der Waals surface area contributed by atoms with Crippen molar-refractivity contribution in [2.24, 2.45) is 0 Å². The summed E-state index contributed by atoms with van der Waals surface area (Å²) in [5.74, 6) is 1.20. The number of thiazole rings is 1. The quantitative estimate of drug-likeness (QED) is 0.357. The molecule has 1 heterocycles. The molecule has 0 aliphatic carbocycles. The van der Waals surface area contributed by atoms with E-state index in [0.717, 1.165) is 22.5 Å². The van der Waals surface area contributed by atoms with Gasteiger partial charge in [-0.2, -0.15) is 0 Å². The Labute approximate surface area is 206 Å². The highest BCUT2D eigenvalue weighted by Crippen LogP contribution is 2.28. The highest BCUT2D eigenvalue weighted by molar-refractivity contribution is 7.89. The molecule has 4 aromatic rings. The Morgan fingerprint density at radius 1 is 1.00 bits per heavy atom. The van der Waals surface area contributed by atoms with Crippen LogP contribution < -0.4 is 19.1 Å². The van der Waals surface area contributed by atoms with Crippen molar-refractivity contribution in [3.8, 4) is 11.5 Å². The molecule has 0 amide bonds. The van der Waals surface area contributed by atoms with E-state index in [1.54, 1.807) is 37.0 Å². The molecule has 0 aliphatic heterocycles. The van der Waals surface area contributed by atoms with Crippen LogP contribution in [0.25, 0.3) is 10.2 Å². The lowest BCUT2D eigenvalue weighted by molar-refractivity contribution is 0.354. The molecule has 0 bridgehead atoms. The maximum Gasteiger partial charge on any atom is 0.308 e. The van der Waals surface area contributed by atoms with Crippen LogP contribution >= 0.6 is 22.9 Å². The van der Waals surface area contributed by atoms with Crippen LogP contribution in [0.3, 0.4) is 0 Å². The Kier molecular flexibility index (Phi) is 7.27. The molecule has 0 fully saturated rings. The number of sulfonamides is 1. The van der Waals surface area contributed by atoms with Crippen molar-refractivity contribution in [2.75, 3.05) is 20.8 Å². The molecule has 0 saturated heterocycles. The maximum absolute atomic E-state index is 12.9. The van der Waals surface area contributed by atoms with E-state index in [0.29, 0.717) is 39.7 Å². The Balaban J connectivity index is 1.50. The number of nitrogens with zero attached hydrogens (tertiary/aromatic N) is 1. The van der Waals surface area contributed by atoms with Gasteiger partial charge in [0.15, 0.2) is 11.5 Å². The molecule has 34 heavy (non-hydrogen) atoms. The fourth-order valence-corrected chi connectivity index (χ4v) is 5.87. The summed E-state index contributed by atoms with van der Waals surface area (Å²) < 4.78 is 41.1. The van der Waals surface area contributed by atoms with Crippen LogP contribution in [-0.2, 0) is 23.0 Å². The molecule has 10 heteroatoms. The first-order valence-corrected chi connectivity index (χ1v) is 13.1. The summed E-state index contributed by atoms with van der Waals surface area (Å²) in [4.78, 5) is 12.5. The molecule has 0 saturated carbocycles.